The standard InChI is InChI=1S/C16H10BrN3O4/c17-12-3-1-2-10(6-12)9-18-19-16(21)15-8-11-7-13(20(22)23)4-5-14(11)24-15/h1-9H,(H,19,21)/b18-9+. The number of hydrogen-bond acceptors (Lipinski definition) is 5. The third kappa shape index (κ3) is 3.49. The van der Waals surface area contributed by atoms with Crippen LogP contribution in [0.2, 0.25) is 0 Å². The highest BCUT2D eigenvalue weighted by Crippen LogP contribution is 2.24. The average molecular weight is 388 g/mol. The SMILES string of the molecule is O=C(N/N=C/c1cccc(Br)c1)c1cc2cc([N+](=O)[O-])ccc2o1. The Morgan fingerprint density at radius 3 is 2.83 bits per heavy atom. The molecule has 1 aromatic heterocycles. The molecule has 3 aromatic rings. The Labute approximate surface area is 144 Å². The van der Waals surface area contributed by atoms with E-state index in [0.29, 0.717) is 11.0 Å². The maximum Gasteiger partial charge on any atom is 0.307 e. The molecule has 0 atom stereocenters. The van der Waals surface area contributed by atoms with Gasteiger partial charge >= 0.3 is 5.91 Å². The van der Waals surface area contributed by atoms with E-state index in [4.69, 9.17) is 4.42 Å². The predicted molar refractivity (Wildman–Crippen MR) is 92.1 cm³/mol. The van der Waals surface area contributed by atoms with Crippen LogP contribution in [0.15, 0.2) is 62.5 Å². The lowest BCUT2D eigenvalue weighted by molar-refractivity contribution is -0.384. The zero-order valence-electron chi connectivity index (χ0n) is 12.1. The first-order chi connectivity index (χ1) is 11.5. The molecular formula is C16H10BrN3O4. The first-order valence-corrected chi connectivity index (χ1v) is 7.59. The molecule has 0 saturated heterocycles. The molecule has 0 unspecified atom stereocenters. The number of nitro groups is 1. The van der Waals surface area contributed by atoms with Crippen molar-refractivity contribution in [1.82, 2.24) is 5.43 Å². The number of non-ortho nitro benzene ring substituents is 1. The molecule has 24 heavy (non-hydrogen) atoms. The summed E-state index contributed by atoms with van der Waals surface area (Å²) in [5.74, 6) is -0.517. The van der Waals surface area contributed by atoms with Crippen LogP contribution in [0.4, 0.5) is 5.69 Å². The second-order valence-corrected chi connectivity index (χ2v) is 5.76. The van der Waals surface area contributed by atoms with E-state index in [0.717, 1.165) is 10.0 Å². The van der Waals surface area contributed by atoms with Crippen molar-refractivity contribution in [1.29, 1.82) is 0 Å². The van der Waals surface area contributed by atoms with Crippen molar-refractivity contribution in [2.45, 2.75) is 0 Å². The van der Waals surface area contributed by atoms with Gasteiger partial charge in [-0.15, -0.1) is 0 Å². The van der Waals surface area contributed by atoms with Crippen LogP contribution in [0.1, 0.15) is 16.1 Å². The van der Waals surface area contributed by atoms with Gasteiger partial charge in [0, 0.05) is 22.0 Å². The average Bonchev–Trinajstić information content (AvgIpc) is 2.98. The minimum atomic E-state index is -0.542. The fourth-order valence-electron chi connectivity index (χ4n) is 2.06. The second kappa shape index (κ2) is 6.63. The van der Waals surface area contributed by atoms with Gasteiger partial charge in [0.15, 0.2) is 5.76 Å². The van der Waals surface area contributed by atoms with Gasteiger partial charge in [0.2, 0.25) is 0 Å². The third-order valence-electron chi connectivity index (χ3n) is 3.16. The van der Waals surface area contributed by atoms with E-state index < -0.39 is 10.8 Å². The van der Waals surface area contributed by atoms with Crippen molar-refractivity contribution >= 4 is 44.7 Å². The van der Waals surface area contributed by atoms with Crippen LogP contribution in [0.25, 0.3) is 11.0 Å². The zero-order valence-corrected chi connectivity index (χ0v) is 13.7. The number of amides is 1. The smallest absolute Gasteiger partial charge is 0.307 e. The molecular weight excluding hydrogens is 378 g/mol. The van der Waals surface area contributed by atoms with Crippen molar-refractivity contribution in [2.24, 2.45) is 5.10 Å². The molecule has 0 saturated carbocycles. The summed E-state index contributed by atoms with van der Waals surface area (Å²) in [5, 5.41) is 15.1. The molecule has 0 bridgehead atoms. The Balaban J connectivity index is 1.75. The van der Waals surface area contributed by atoms with E-state index >= 15 is 0 Å². The van der Waals surface area contributed by atoms with Crippen LogP contribution in [0, 0.1) is 10.1 Å². The van der Waals surface area contributed by atoms with Crippen molar-refractivity contribution in [3.8, 4) is 0 Å². The molecule has 0 aliphatic rings. The minimum Gasteiger partial charge on any atom is -0.451 e. The fraction of sp³-hybridized carbons (Fsp3) is 0. The third-order valence-corrected chi connectivity index (χ3v) is 3.66. The van der Waals surface area contributed by atoms with Gasteiger partial charge in [-0.2, -0.15) is 5.10 Å². The summed E-state index contributed by atoms with van der Waals surface area (Å²) in [6.45, 7) is 0. The van der Waals surface area contributed by atoms with Crippen molar-refractivity contribution < 1.29 is 14.1 Å². The summed E-state index contributed by atoms with van der Waals surface area (Å²) >= 11 is 3.34. The summed E-state index contributed by atoms with van der Waals surface area (Å²) in [6, 6.07) is 13.0. The van der Waals surface area contributed by atoms with Gasteiger partial charge < -0.3 is 4.42 Å². The number of halogens is 1. The lowest BCUT2D eigenvalue weighted by Crippen LogP contribution is -2.16. The van der Waals surface area contributed by atoms with Gasteiger partial charge in [0.25, 0.3) is 5.69 Å². The largest absolute Gasteiger partial charge is 0.451 e. The number of nitro benzene ring substituents is 1. The highest BCUT2D eigenvalue weighted by atomic mass is 79.9. The van der Waals surface area contributed by atoms with Crippen LogP contribution in [-0.2, 0) is 0 Å². The number of rotatable bonds is 4. The number of carbonyl (C=O) groups excluding carboxylic acids is 1. The maximum atomic E-state index is 12.0. The molecule has 1 N–H and O–H groups in total. The monoisotopic (exact) mass is 387 g/mol. The first kappa shape index (κ1) is 15.9. The van der Waals surface area contributed by atoms with E-state index in [2.05, 4.69) is 26.5 Å². The fourth-order valence-corrected chi connectivity index (χ4v) is 2.48. The highest BCUT2D eigenvalue weighted by Gasteiger charge is 2.14. The molecule has 0 spiro atoms. The van der Waals surface area contributed by atoms with Crippen LogP contribution in [0.3, 0.4) is 0 Å². The molecule has 0 radical (unpaired) electrons. The molecule has 0 aliphatic carbocycles. The molecule has 0 aliphatic heterocycles. The summed E-state index contributed by atoms with van der Waals surface area (Å²) in [5.41, 5.74) is 3.49. The molecule has 1 amide bonds. The minimum absolute atomic E-state index is 0.0249. The molecule has 1 heterocycles. The number of nitrogens with zero attached hydrogens (tertiary/aromatic N) is 2. The van der Waals surface area contributed by atoms with E-state index in [-0.39, 0.29) is 11.4 Å². The van der Waals surface area contributed by atoms with E-state index in [1.165, 1.54) is 30.5 Å². The number of furan rings is 1. The van der Waals surface area contributed by atoms with Gasteiger partial charge in [-0.25, -0.2) is 5.43 Å². The summed E-state index contributed by atoms with van der Waals surface area (Å²) in [7, 11) is 0. The van der Waals surface area contributed by atoms with Crippen LogP contribution in [0.5, 0.6) is 0 Å². The molecule has 2 aromatic carbocycles. The van der Waals surface area contributed by atoms with Crippen molar-refractivity contribution in [3.63, 3.8) is 0 Å². The Kier molecular flexibility index (Phi) is 4.39. The molecule has 0 fully saturated rings. The summed E-state index contributed by atoms with van der Waals surface area (Å²) < 4.78 is 6.27. The number of benzene rings is 2. The van der Waals surface area contributed by atoms with E-state index in [9.17, 15) is 14.9 Å². The van der Waals surface area contributed by atoms with Gasteiger partial charge in [-0.1, -0.05) is 28.1 Å². The normalized spacial score (nSPS) is 11.0. The molecule has 3 rings (SSSR count). The van der Waals surface area contributed by atoms with Gasteiger partial charge in [0.1, 0.15) is 5.58 Å². The number of nitrogens with one attached hydrogen (secondary N) is 1. The molecule has 7 nitrogen and oxygen atoms in total. The lowest BCUT2D eigenvalue weighted by Gasteiger charge is -1.96. The topological polar surface area (TPSA) is 97.7 Å². The van der Waals surface area contributed by atoms with Gasteiger partial charge in [-0.05, 0) is 29.8 Å². The van der Waals surface area contributed by atoms with E-state index in [1.807, 2.05) is 24.3 Å². The van der Waals surface area contributed by atoms with Crippen LogP contribution < -0.4 is 5.43 Å². The second-order valence-electron chi connectivity index (χ2n) is 4.84. The zero-order chi connectivity index (χ0) is 17.1. The lowest BCUT2D eigenvalue weighted by atomic mass is 10.2. The Morgan fingerprint density at radius 1 is 1.25 bits per heavy atom. The van der Waals surface area contributed by atoms with Crippen LogP contribution in [-0.4, -0.2) is 17.0 Å². The summed E-state index contributed by atoms with van der Waals surface area (Å²) in [6.07, 6.45) is 1.50. The molecule has 120 valence electrons. The van der Waals surface area contributed by atoms with Crippen LogP contribution >= 0.6 is 15.9 Å². The predicted octanol–water partition coefficient (Wildman–Crippen LogP) is 3.87. The van der Waals surface area contributed by atoms with Gasteiger partial charge in [-0.3, -0.25) is 14.9 Å². The maximum absolute atomic E-state index is 12.0. The summed E-state index contributed by atoms with van der Waals surface area (Å²) in [4.78, 5) is 22.3. The van der Waals surface area contributed by atoms with E-state index in [1.54, 1.807) is 0 Å². The molecule has 8 heteroatoms. The Bertz CT molecular complexity index is 965. The number of carbonyl (C=O) groups is 1. The van der Waals surface area contributed by atoms with Gasteiger partial charge in [0.05, 0.1) is 11.1 Å². The van der Waals surface area contributed by atoms with Crippen molar-refractivity contribution in [2.75, 3.05) is 0 Å². The highest BCUT2D eigenvalue weighted by molar-refractivity contribution is 9.10. The quantitative estimate of drug-likeness (QED) is 0.417. The number of fused-ring (bicyclic) bond motifs is 1. The number of hydrazone groups is 1. The Hall–Kier alpha value is -3.00. The number of hydrogen-bond donors (Lipinski definition) is 1. The first-order valence-electron chi connectivity index (χ1n) is 6.80. The Morgan fingerprint density at radius 2 is 2.08 bits per heavy atom. The van der Waals surface area contributed by atoms with Crippen molar-refractivity contribution in [3.05, 3.63) is 74.4 Å².